The van der Waals surface area contributed by atoms with E-state index in [9.17, 15) is 18.1 Å². The third kappa shape index (κ3) is 3.24. The topological polar surface area (TPSA) is 41.9 Å². The van der Waals surface area contributed by atoms with Crippen molar-refractivity contribution in [2.75, 3.05) is 4.90 Å². The van der Waals surface area contributed by atoms with Crippen LogP contribution in [0.1, 0.15) is 18.1 Å². The van der Waals surface area contributed by atoms with Gasteiger partial charge in [0.05, 0.1) is 6.54 Å². The zero-order valence-corrected chi connectivity index (χ0v) is 12.7. The Kier molecular flexibility index (Phi) is 4.01. The fourth-order valence-electron chi connectivity index (χ4n) is 2.69. The van der Waals surface area contributed by atoms with Gasteiger partial charge in [0.1, 0.15) is 11.4 Å². The first-order valence-electron chi connectivity index (χ1n) is 7.14. The lowest BCUT2D eigenvalue weighted by Crippen LogP contribution is -2.24. The van der Waals surface area contributed by atoms with E-state index < -0.39 is 6.36 Å². The van der Waals surface area contributed by atoms with Gasteiger partial charge in [0.15, 0.2) is 0 Å². The standard InChI is InChI=1S/C17H13F3N2O2/c1-11-9-12-3-2-4-16(21-23)15(12)10-22(11)13-5-7-14(8-6-13)24-17(18,19)20/h2-9H,10H2,1H3. The van der Waals surface area contributed by atoms with Crippen LogP contribution >= 0.6 is 0 Å². The Morgan fingerprint density at radius 3 is 2.46 bits per heavy atom. The molecule has 0 aromatic heterocycles. The molecule has 0 aliphatic carbocycles. The molecule has 24 heavy (non-hydrogen) atoms. The van der Waals surface area contributed by atoms with E-state index in [1.807, 2.05) is 24.0 Å². The van der Waals surface area contributed by atoms with Gasteiger partial charge in [0.25, 0.3) is 0 Å². The van der Waals surface area contributed by atoms with Crippen LogP contribution in [-0.4, -0.2) is 6.36 Å². The summed E-state index contributed by atoms with van der Waals surface area (Å²) in [4.78, 5) is 12.9. The molecule has 124 valence electrons. The second kappa shape index (κ2) is 5.99. The van der Waals surface area contributed by atoms with E-state index in [0.29, 0.717) is 17.9 Å². The molecule has 0 atom stereocenters. The molecule has 0 saturated heterocycles. The third-order valence-corrected chi connectivity index (χ3v) is 3.77. The van der Waals surface area contributed by atoms with Crippen molar-refractivity contribution in [1.29, 1.82) is 0 Å². The minimum Gasteiger partial charge on any atom is -0.406 e. The molecule has 0 unspecified atom stereocenters. The molecule has 1 heterocycles. The number of benzene rings is 2. The van der Waals surface area contributed by atoms with Crippen molar-refractivity contribution in [1.82, 2.24) is 0 Å². The summed E-state index contributed by atoms with van der Waals surface area (Å²) in [7, 11) is 0. The van der Waals surface area contributed by atoms with E-state index in [0.717, 1.165) is 16.8 Å². The number of allylic oxidation sites excluding steroid dienone is 1. The maximum Gasteiger partial charge on any atom is 0.573 e. The molecular formula is C17H13F3N2O2. The maximum absolute atomic E-state index is 12.2. The quantitative estimate of drug-likeness (QED) is 0.709. The number of hydrogen-bond donors (Lipinski definition) is 0. The van der Waals surface area contributed by atoms with Crippen molar-refractivity contribution in [3.8, 4) is 5.75 Å². The van der Waals surface area contributed by atoms with E-state index >= 15 is 0 Å². The SMILES string of the molecule is CC1=Cc2cccc(N=O)c2CN1c1ccc(OC(F)(F)F)cc1. The Bertz CT molecular complexity index is 798. The van der Waals surface area contributed by atoms with Gasteiger partial charge in [0.2, 0.25) is 0 Å². The van der Waals surface area contributed by atoms with Crippen LogP contribution in [0.3, 0.4) is 0 Å². The van der Waals surface area contributed by atoms with E-state index in [-0.39, 0.29) is 5.75 Å². The first kappa shape index (κ1) is 16.0. The summed E-state index contributed by atoms with van der Waals surface area (Å²) >= 11 is 0. The van der Waals surface area contributed by atoms with E-state index in [1.165, 1.54) is 12.1 Å². The molecule has 3 rings (SSSR count). The van der Waals surface area contributed by atoms with Crippen LogP contribution < -0.4 is 9.64 Å². The summed E-state index contributed by atoms with van der Waals surface area (Å²) in [5.74, 6) is -0.277. The van der Waals surface area contributed by atoms with E-state index in [4.69, 9.17) is 0 Å². The summed E-state index contributed by atoms with van der Waals surface area (Å²) < 4.78 is 40.6. The van der Waals surface area contributed by atoms with Crippen molar-refractivity contribution in [3.63, 3.8) is 0 Å². The first-order chi connectivity index (χ1) is 11.4. The summed E-state index contributed by atoms with van der Waals surface area (Å²) in [6.07, 6.45) is -2.81. The summed E-state index contributed by atoms with van der Waals surface area (Å²) in [6.45, 7) is 2.31. The van der Waals surface area contributed by atoms with Crippen LogP contribution in [0, 0.1) is 4.91 Å². The number of halogens is 3. The van der Waals surface area contributed by atoms with Crippen molar-refractivity contribution in [2.45, 2.75) is 19.8 Å². The van der Waals surface area contributed by atoms with Gasteiger partial charge in [0, 0.05) is 16.9 Å². The number of fused-ring (bicyclic) bond motifs is 1. The molecule has 0 N–H and O–H groups in total. The van der Waals surface area contributed by atoms with Crippen LogP contribution in [0.15, 0.2) is 53.3 Å². The molecule has 0 fully saturated rings. The van der Waals surface area contributed by atoms with Gasteiger partial charge in [-0.1, -0.05) is 12.1 Å². The monoisotopic (exact) mass is 334 g/mol. The average Bonchev–Trinajstić information content (AvgIpc) is 2.53. The highest BCUT2D eigenvalue weighted by Gasteiger charge is 2.31. The number of alkyl halides is 3. The lowest BCUT2D eigenvalue weighted by Gasteiger charge is -2.30. The minimum absolute atomic E-state index is 0.277. The summed E-state index contributed by atoms with van der Waals surface area (Å²) in [6, 6.07) is 10.9. The van der Waals surface area contributed by atoms with Crippen molar-refractivity contribution in [2.24, 2.45) is 5.18 Å². The largest absolute Gasteiger partial charge is 0.573 e. The number of ether oxygens (including phenoxy) is 1. The van der Waals surface area contributed by atoms with Crippen LogP contribution in [-0.2, 0) is 6.54 Å². The smallest absolute Gasteiger partial charge is 0.406 e. The van der Waals surface area contributed by atoms with Gasteiger partial charge >= 0.3 is 6.36 Å². The zero-order valence-electron chi connectivity index (χ0n) is 12.7. The van der Waals surface area contributed by atoms with Gasteiger partial charge in [-0.05, 0) is 54.1 Å². The van der Waals surface area contributed by atoms with Crippen molar-refractivity contribution < 1.29 is 17.9 Å². The van der Waals surface area contributed by atoms with E-state index in [2.05, 4.69) is 9.91 Å². The van der Waals surface area contributed by atoms with Crippen LogP contribution in [0.2, 0.25) is 0 Å². The fourth-order valence-corrected chi connectivity index (χ4v) is 2.69. The molecule has 7 heteroatoms. The predicted molar refractivity (Wildman–Crippen MR) is 84.9 cm³/mol. The fraction of sp³-hybridized carbons (Fsp3) is 0.176. The molecule has 0 amide bonds. The van der Waals surface area contributed by atoms with Crippen LogP contribution in [0.25, 0.3) is 6.08 Å². The molecule has 2 aromatic carbocycles. The number of hydrogen-bond acceptors (Lipinski definition) is 4. The second-order valence-corrected chi connectivity index (χ2v) is 5.35. The van der Waals surface area contributed by atoms with Crippen molar-refractivity contribution in [3.05, 3.63) is 64.2 Å². The molecule has 4 nitrogen and oxygen atoms in total. The Morgan fingerprint density at radius 1 is 1.12 bits per heavy atom. The molecule has 0 bridgehead atoms. The highest BCUT2D eigenvalue weighted by molar-refractivity contribution is 5.72. The first-order valence-corrected chi connectivity index (χ1v) is 7.14. The van der Waals surface area contributed by atoms with Gasteiger partial charge in [-0.2, -0.15) is 0 Å². The second-order valence-electron chi connectivity index (χ2n) is 5.35. The molecule has 0 radical (unpaired) electrons. The van der Waals surface area contributed by atoms with Gasteiger partial charge < -0.3 is 9.64 Å². The number of anilines is 1. The third-order valence-electron chi connectivity index (χ3n) is 3.77. The van der Waals surface area contributed by atoms with Crippen LogP contribution in [0.4, 0.5) is 24.5 Å². The summed E-state index contributed by atoms with van der Waals surface area (Å²) in [5, 5.41) is 3.04. The Balaban J connectivity index is 1.89. The molecular weight excluding hydrogens is 321 g/mol. The van der Waals surface area contributed by atoms with Crippen molar-refractivity contribution >= 4 is 17.5 Å². The Morgan fingerprint density at radius 2 is 1.83 bits per heavy atom. The zero-order chi connectivity index (χ0) is 17.3. The average molecular weight is 334 g/mol. The molecule has 1 aliphatic heterocycles. The van der Waals surface area contributed by atoms with Crippen LogP contribution in [0.5, 0.6) is 5.75 Å². The molecule has 0 spiro atoms. The summed E-state index contributed by atoms with van der Waals surface area (Å²) in [5.41, 5.74) is 3.67. The minimum atomic E-state index is -4.72. The molecule has 0 saturated carbocycles. The van der Waals surface area contributed by atoms with Gasteiger partial charge in [-0.3, -0.25) is 0 Å². The lowest BCUT2D eigenvalue weighted by atomic mass is 9.99. The van der Waals surface area contributed by atoms with Gasteiger partial charge in [-0.25, -0.2) is 0 Å². The highest BCUT2D eigenvalue weighted by atomic mass is 19.4. The normalized spacial score (nSPS) is 14.0. The Labute approximate surface area is 136 Å². The number of nitroso groups, excluding NO2 is 1. The van der Waals surface area contributed by atoms with Gasteiger partial charge in [-0.15, -0.1) is 18.1 Å². The number of rotatable bonds is 3. The highest BCUT2D eigenvalue weighted by Crippen LogP contribution is 2.35. The predicted octanol–water partition coefficient (Wildman–Crippen LogP) is 5.36. The molecule has 1 aliphatic rings. The van der Waals surface area contributed by atoms with E-state index in [1.54, 1.807) is 24.3 Å². The lowest BCUT2D eigenvalue weighted by molar-refractivity contribution is -0.274. The molecule has 2 aromatic rings. The Hall–Kier alpha value is -2.83. The number of nitrogens with zero attached hydrogens (tertiary/aromatic N) is 2. The maximum atomic E-state index is 12.2.